The van der Waals surface area contributed by atoms with E-state index in [1.807, 2.05) is 6.07 Å². The molecule has 2 heterocycles. The molecule has 1 atom stereocenters. The van der Waals surface area contributed by atoms with Crippen LogP contribution in [0.15, 0.2) is 58.9 Å². The van der Waals surface area contributed by atoms with Crippen LogP contribution in [0.3, 0.4) is 0 Å². The molecule has 9 heteroatoms. The minimum Gasteiger partial charge on any atom is -0.463 e. The number of allylic oxidation sites excluding steroid dienone is 1. The van der Waals surface area contributed by atoms with Crippen molar-refractivity contribution in [3.05, 3.63) is 96.4 Å². The van der Waals surface area contributed by atoms with Crippen molar-refractivity contribution in [1.82, 2.24) is 4.57 Å². The molecule has 166 valence electrons. The highest BCUT2D eigenvalue weighted by Crippen LogP contribution is 2.36. The summed E-state index contributed by atoms with van der Waals surface area (Å²) >= 11 is 1.01. The highest BCUT2D eigenvalue weighted by atomic mass is 32.1. The first-order valence-corrected chi connectivity index (χ1v) is 10.7. The smallest absolute Gasteiger partial charge is 0.338 e. The van der Waals surface area contributed by atoms with Gasteiger partial charge in [-0.1, -0.05) is 24.3 Å². The molecule has 1 aliphatic heterocycles. The molecule has 6 nitrogen and oxygen atoms in total. The Morgan fingerprint density at radius 3 is 2.36 bits per heavy atom. The lowest BCUT2D eigenvalue weighted by Crippen LogP contribution is -2.40. The molecule has 0 saturated heterocycles. The third kappa shape index (κ3) is 3.97. The molecule has 0 spiro atoms. The summed E-state index contributed by atoms with van der Waals surface area (Å²) in [6.07, 6.45) is 1.55. The molecule has 0 aliphatic carbocycles. The van der Waals surface area contributed by atoms with Crippen molar-refractivity contribution in [2.24, 2.45) is 5.73 Å². The highest BCUT2D eigenvalue weighted by Gasteiger charge is 2.36. The second-order valence-electron chi connectivity index (χ2n) is 7.14. The van der Waals surface area contributed by atoms with E-state index in [4.69, 9.17) is 10.5 Å². The van der Waals surface area contributed by atoms with Crippen LogP contribution < -0.4 is 20.5 Å². The van der Waals surface area contributed by atoms with Crippen LogP contribution in [-0.2, 0) is 9.53 Å². The summed E-state index contributed by atoms with van der Waals surface area (Å²) in [5.74, 6) is -2.66. The number of ether oxygens (including phenoxy) is 1. The summed E-state index contributed by atoms with van der Waals surface area (Å²) < 4.78 is 33.6. The minimum atomic E-state index is -0.939. The van der Waals surface area contributed by atoms with Gasteiger partial charge in [0.1, 0.15) is 22.1 Å². The fourth-order valence-electron chi connectivity index (χ4n) is 3.65. The number of hydrogen-bond donors (Lipinski definition) is 1. The third-order valence-electron chi connectivity index (χ3n) is 5.14. The van der Waals surface area contributed by atoms with Crippen molar-refractivity contribution in [1.29, 1.82) is 5.26 Å². The SMILES string of the molecule is CCOC(=O)C1=c2sc(=Cc3ccc(F)cc3)c(=O)n2C(N)=C(C#N)C1c1ccc(F)cc1. The Morgan fingerprint density at radius 2 is 1.79 bits per heavy atom. The maximum absolute atomic E-state index is 13.5. The predicted molar refractivity (Wildman–Crippen MR) is 120 cm³/mol. The van der Waals surface area contributed by atoms with Crippen LogP contribution in [0.5, 0.6) is 0 Å². The molecule has 33 heavy (non-hydrogen) atoms. The number of nitriles is 1. The lowest BCUT2D eigenvalue weighted by atomic mass is 9.84. The Kier molecular flexibility index (Phi) is 5.94. The number of nitrogens with zero attached hydrogens (tertiary/aromatic N) is 2. The minimum absolute atomic E-state index is 0.0228. The Hall–Kier alpha value is -4.03. The van der Waals surface area contributed by atoms with E-state index >= 15 is 0 Å². The summed E-state index contributed by atoms with van der Waals surface area (Å²) in [5, 5.41) is 9.88. The first kappa shape index (κ1) is 22.2. The number of halogens is 2. The van der Waals surface area contributed by atoms with Gasteiger partial charge in [0.2, 0.25) is 0 Å². The van der Waals surface area contributed by atoms with Crippen molar-refractivity contribution in [2.75, 3.05) is 6.61 Å². The fourth-order valence-corrected chi connectivity index (χ4v) is 4.82. The number of nitrogens with two attached hydrogens (primary N) is 1. The zero-order valence-electron chi connectivity index (χ0n) is 17.3. The lowest BCUT2D eigenvalue weighted by molar-refractivity contribution is -0.136. The van der Waals surface area contributed by atoms with Crippen molar-refractivity contribution >= 4 is 34.8 Å². The highest BCUT2D eigenvalue weighted by molar-refractivity contribution is 7.07. The van der Waals surface area contributed by atoms with Crippen molar-refractivity contribution in [2.45, 2.75) is 12.8 Å². The average Bonchev–Trinajstić information content (AvgIpc) is 3.11. The van der Waals surface area contributed by atoms with Gasteiger partial charge >= 0.3 is 5.97 Å². The van der Waals surface area contributed by atoms with E-state index in [0.717, 1.165) is 15.9 Å². The van der Waals surface area contributed by atoms with Crippen LogP contribution in [0.2, 0.25) is 0 Å². The largest absolute Gasteiger partial charge is 0.463 e. The zero-order valence-corrected chi connectivity index (χ0v) is 18.2. The summed E-state index contributed by atoms with van der Waals surface area (Å²) in [5.41, 5.74) is 6.79. The van der Waals surface area contributed by atoms with E-state index in [1.54, 1.807) is 13.0 Å². The first-order valence-electron chi connectivity index (χ1n) is 9.91. The Balaban J connectivity index is 2.08. The molecule has 0 fully saturated rings. The third-order valence-corrected chi connectivity index (χ3v) is 6.24. The molecule has 0 amide bonds. The Bertz CT molecular complexity index is 1490. The summed E-state index contributed by atoms with van der Waals surface area (Å²) in [6.45, 7) is 1.71. The van der Waals surface area contributed by atoms with Crippen molar-refractivity contribution < 1.29 is 18.3 Å². The van der Waals surface area contributed by atoms with Gasteiger partial charge in [0.05, 0.1) is 34.3 Å². The van der Waals surface area contributed by atoms with Gasteiger partial charge in [0, 0.05) is 0 Å². The van der Waals surface area contributed by atoms with Crippen molar-refractivity contribution in [3.63, 3.8) is 0 Å². The van der Waals surface area contributed by atoms with E-state index in [1.165, 1.54) is 48.5 Å². The maximum atomic E-state index is 13.5. The summed E-state index contributed by atoms with van der Waals surface area (Å²) in [6, 6.07) is 12.9. The number of rotatable bonds is 4. The quantitative estimate of drug-likeness (QED) is 0.596. The molecule has 0 radical (unpaired) electrons. The van der Waals surface area contributed by atoms with Crippen molar-refractivity contribution in [3.8, 4) is 6.07 Å². The van der Waals surface area contributed by atoms with Crippen LogP contribution in [0, 0.1) is 23.0 Å². The zero-order chi connectivity index (χ0) is 23.7. The molecular formula is C24H17F2N3O3S. The first-order chi connectivity index (χ1) is 15.8. The lowest BCUT2D eigenvalue weighted by Gasteiger charge is -2.24. The van der Waals surface area contributed by atoms with E-state index in [-0.39, 0.29) is 32.8 Å². The number of benzene rings is 2. The molecule has 1 unspecified atom stereocenters. The van der Waals surface area contributed by atoms with Gasteiger partial charge in [0.25, 0.3) is 5.56 Å². The standard InChI is InChI=1S/C24H17F2N3O3S/c1-2-32-24(31)20-19(14-5-9-16(26)10-6-14)17(12-27)21(28)29-22(30)18(33-23(20)29)11-13-3-7-15(25)8-4-13/h3-11,19H,2,28H2,1H3. The van der Waals surface area contributed by atoms with Gasteiger partial charge in [-0.3, -0.25) is 9.36 Å². The number of esters is 1. The summed E-state index contributed by atoms with van der Waals surface area (Å²) in [4.78, 5) is 26.2. The van der Waals surface area contributed by atoms with Gasteiger partial charge in [-0.2, -0.15) is 5.26 Å². The van der Waals surface area contributed by atoms with Gasteiger partial charge in [-0.25, -0.2) is 13.6 Å². The molecule has 3 aromatic rings. The van der Waals surface area contributed by atoms with Crippen LogP contribution in [0.4, 0.5) is 8.78 Å². The molecule has 1 aromatic heterocycles. The molecule has 1 aliphatic rings. The predicted octanol–water partition coefficient (Wildman–Crippen LogP) is 2.18. The Labute approximate surface area is 190 Å². The van der Waals surface area contributed by atoms with Gasteiger partial charge < -0.3 is 10.5 Å². The van der Waals surface area contributed by atoms with E-state index in [2.05, 4.69) is 0 Å². The normalized spacial score (nSPS) is 15.9. The van der Waals surface area contributed by atoms with Crippen LogP contribution >= 0.6 is 11.3 Å². The van der Waals surface area contributed by atoms with Gasteiger partial charge in [-0.15, -0.1) is 11.3 Å². The molecule has 0 saturated carbocycles. The monoisotopic (exact) mass is 465 g/mol. The molecule has 2 N–H and O–H groups in total. The second kappa shape index (κ2) is 8.84. The summed E-state index contributed by atoms with van der Waals surface area (Å²) in [7, 11) is 0. The second-order valence-corrected chi connectivity index (χ2v) is 8.17. The number of hydrogen-bond acceptors (Lipinski definition) is 6. The Morgan fingerprint density at radius 1 is 1.18 bits per heavy atom. The van der Waals surface area contributed by atoms with Gasteiger partial charge in [0.15, 0.2) is 0 Å². The average molecular weight is 465 g/mol. The molecule has 0 bridgehead atoms. The number of fused-ring (bicyclic) bond motifs is 1. The fraction of sp³-hybridized carbons (Fsp3) is 0.125. The number of aromatic nitrogens is 1. The number of carbonyl (C=O) groups excluding carboxylic acids is 1. The van der Waals surface area contributed by atoms with Gasteiger partial charge in [-0.05, 0) is 48.4 Å². The van der Waals surface area contributed by atoms with Crippen LogP contribution in [0.1, 0.15) is 24.0 Å². The number of thiazole rings is 1. The van der Waals surface area contributed by atoms with E-state index in [0.29, 0.717) is 11.1 Å². The molecule has 2 aromatic carbocycles. The van der Waals surface area contributed by atoms with E-state index in [9.17, 15) is 23.6 Å². The van der Waals surface area contributed by atoms with E-state index < -0.39 is 29.1 Å². The topological polar surface area (TPSA) is 98.1 Å². The van der Waals surface area contributed by atoms with Crippen LogP contribution in [0.25, 0.3) is 17.5 Å². The maximum Gasteiger partial charge on any atom is 0.338 e. The molecule has 4 rings (SSSR count). The number of carbonyl (C=O) groups is 1. The molecular weight excluding hydrogens is 448 g/mol. The van der Waals surface area contributed by atoms with Crippen LogP contribution in [-0.4, -0.2) is 17.1 Å².